The van der Waals surface area contributed by atoms with Crippen molar-refractivity contribution in [3.63, 3.8) is 0 Å². The van der Waals surface area contributed by atoms with Gasteiger partial charge in [0.25, 0.3) is 5.69 Å². The van der Waals surface area contributed by atoms with Crippen molar-refractivity contribution in [2.45, 2.75) is 11.8 Å². The molecule has 1 aliphatic heterocycles. The lowest BCUT2D eigenvalue weighted by Gasteiger charge is -2.34. The van der Waals surface area contributed by atoms with Crippen molar-refractivity contribution in [2.24, 2.45) is 0 Å². The molecule has 0 amide bonds. The fraction of sp³-hybridized carbons (Fsp3) is 0.238. The van der Waals surface area contributed by atoms with Gasteiger partial charge in [0, 0.05) is 38.3 Å². The molecule has 0 radical (unpaired) electrons. The number of hydrogen-bond donors (Lipinski definition) is 0. The molecule has 2 aromatic carbocycles. The summed E-state index contributed by atoms with van der Waals surface area (Å²) < 4.78 is 42.9. The van der Waals surface area contributed by atoms with Crippen LogP contribution in [0.25, 0.3) is 16.9 Å². The summed E-state index contributed by atoms with van der Waals surface area (Å²) in [7, 11) is -3.93. The van der Waals surface area contributed by atoms with Crippen molar-refractivity contribution in [1.29, 1.82) is 0 Å². The minimum Gasteiger partial charge on any atom is -0.352 e. The highest BCUT2D eigenvalue weighted by Crippen LogP contribution is 2.28. The van der Waals surface area contributed by atoms with E-state index in [4.69, 9.17) is 0 Å². The van der Waals surface area contributed by atoms with Gasteiger partial charge >= 0.3 is 0 Å². The number of anilines is 1. The number of fused-ring (bicyclic) bond motifs is 1. The predicted octanol–water partition coefficient (Wildman–Crippen LogP) is 2.08. The largest absolute Gasteiger partial charge is 0.352 e. The molecule has 5 rings (SSSR count). The van der Waals surface area contributed by atoms with Gasteiger partial charge in [-0.25, -0.2) is 22.8 Å². The molecule has 2 aromatic heterocycles. The van der Waals surface area contributed by atoms with E-state index in [1.54, 1.807) is 19.1 Å². The van der Waals surface area contributed by atoms with Crippen LogP contribution in [0.5, 0.6) is 0 Å². The van der Waals surface area contributed by atoms with Gasteiger partial charge in [-0.3, -0.25) is 10.1 Å². The molecular formula is C21H19FN8O4S. The predicted molar refractivity (Wildman–Crippen MR) is 123 cm³/mol. The number of halogens is 1. The number of nitro benzene ring substituents is 1. The standard InChI is InChI=1S/C21H19FN8O4S/c1-14-5-6-17(30(31)32)12-18(14)35(33,34)28-9-7-27(8-10-28)20-19-21(24-13-23-20)29(26-25-19)16-4-2-3-15(22)11-16/h2-6,11-13H,7-10H2,1H3. The highest BCUT2D eigenvalue weighted by Gasteiger charge is 2.32. The maximum Gasteiger partial charge on any atom is 0.270 e. The maximum atomic E-state index is 13.7. The Labute approximate surface area is 198 Å². The highest BCUT2D eigenvalue weighted by molar-refractivity contribution is 7.89. The summed E-state index contributed by atoms with van der Waals surface area (Å²) >= 11 is 0. The van der Waals surface area contributed by atoms with Crippen molar-refractivity contribution >= 4 is 32.7 Å². The van der Waals surface area contributed by atoms with Crippen LogP contribution in [0.15, 0.2) is 53.7 Å². The summed E-state index contributed by atoms with van der Waals surface area (Å²) in [5.74, 6) is 0.0676. The molecule has 14 heteroatoms. The summed E-state index contributed by atoms with van der Waals surface area (Å²) in [4.78, 5) is 20.9. The lowest BCUT2D eigenvalue weighted by Crippen LogP contribution is -2.49. The number of benzene rings is 2. The first kappa shape index (κ1) is 22.7. The molecule has 3 heterocycles. The summed E-state index contributed by atoms with van der Waals surface area (Å²) in [5.41, 5.74) is 1.41. The van der Waals surface area contributed by atoms with Crippen molar-refractivity contribution in [2.75, 3.05) is 31.1 Å². The summed E-state index contributed by atoms with van der Waals surface area (Å²) in [6, 6.07) is 9.68. The third kappa shape index (κ3) is 4.06. The Morgan fingerprint density at radius 1 is 1.06 bits per heavy atom. The van der Waals surface area contributed by atoms with E-state index in [0.29, 0.717) is 41.3 Å². The Balaban J connectivity index is 1.40. The van der Waals surface area contributed by atoms with Crippen molar-refractivity contribution in [1.82, 2.24) is 29.3 Å². The second-order valence-electron chi connectivity index (χ2n) is 7.95. The molecular weight excluding hydrogens is 479 g/mol. The van der Waals surface area contributed by atoms with Crippen molar-refractivity contribution in [3.05, 3.63) is 70.3 Å². The number of non-ortho nitro benzene ring substituents is 1. The number of aromatic nitrogens is 5. The van der Waals surface area contributed by atoms with Crippen LogP contribution in [0, 0.1) is 22.9 Å². The number of hydrogen-bond acceptors (Lipinski definition) is 9. The van der Waals surface area contributed by atoms with E-state index in [-0.39, 0.29) is 23.7 Å². The topological polar surface area (TPSA) is 140 Å². The molecule has 0 aliphatic carbocycles. The SMILES string of the molecule is Cc1ccc([N+](=O)[O-])cc1S(=O)(=O)N1CCN(c2ncnc3c2nnn3-c2cccc(F)c2)CC1. The lowest BCUT2D eigenvalue weighted by molar-refractivity contribution is -0.385. The van der Waals surface area contributed by atoms with E-state index in [1.807, 2.05) is 4.90 Å². The molecule has 1 saturated heterocycles. The Bertz CT molecular complexity index is 1550. The second-order valence-corrected chi connectivity index (χ2v) is 9.86. The molecule has 4 aromatic rings. The number of rotatable bonds is 5. The Morgan fingerprint density at radius 2 is 1.83 bits per heavy atom. The van der Waals surface area contributed by atoms with Crippen molar-refractivity contribution in [3.8, 4) is 5.69 Å². The number of aryl methyl sites for hydroxylation is 1. The molecule has 0 unspecified atom stereocenters. The molecule has 0 atom stereocenters. The molecule has 0 bridgehead atoms. The Kier molecular flexibility index (Phi) is 5.61. The molecule has 0 spiro atoms. The van der Waals surface area contributed by atoms with Crippen LogP contribution in [0.4, 0.5) is 15.9 Å². The van der Waals surface area contributed by atoms with Gasteiger partial charge in [-0.2, -0.15) is 8.99 Å². The van der Waals surface area contributed by atoms with Crippen LogP contribution < -0.4 is 4.90 Å². The molecule has 0 N–H and O–H groups in total. The van der Waals surface area contributed by atoms with Gasteiger partial charge in [0.1, 0.15) is 12.1 Å². The Morgan fingerprint density at radius 3 is 2.54 bits per heavy atom. The fourth-order valence-electron chi connectivity index (χ4n) is 4.01. The molecule has 35 heavy (non-hydrogen) atoms. The van der Waals surface area contributed by atoms with Gasteiger partial charge in [-0.15, -0.1) is 5.10 Å². The van der Waals surface area contributed by atoms with Gasteiger partial charge < -0.3 is 4.90 Å². The van der Waals surface area contributed by atoms with E-state index in [9.17, 15) is 22.9 Å². The van der Waals surface area contributed by atoms with Crippen LogP contribution in [-0.2, 0) is 10.0 Å². The van der Waals surface area contributed by atoms with Crippen LogP contribution in [0.2, 0.25) is 0 Å². The van der Waals surface area contributed by atoms with Gasteiger partial charge in [0.15, 0.2) is 17.0 Å². The minimum absolute atomic E-state index is 0.0809. The van der Waals surface area contributed by atoms with Crippen LogP contribution >= 0.6 is 0 Å². The average Bonchev–Trinajstić information content (AvgIpc) is 3.28. The zero-order valence-corrected chi connectivity index (χ0v) is 19.3. The number of nitrogens with zero attached hydrogens (tertiary/aromatic N) is 8. The van der Waals surface area contributed by atoms with Gasteiger partial charge in [0.2, 0.25) is 10.0 Å². The molecule has 1 fully saturated rings. The van der Waals surface area contributed by atoms with E-state index >= 15 is 0 Å². The molecule has 0 saturated carbocycles. The zero-order chi connectivity index (χ0) is 24.7. The first-order valence-electron chi connectivity index (χ1n) is 10.6. The van der Waals surface area contributed by atoms with E-state index in [0.717, 1.165) is 6.07 Å². The number of sulfonamides is 1. The second kappa shape index (κ2) is 8.63. The van der Waals surface area contributed by atoms with Gasteiger partial charge in [-0.1, -0.05) is 17.3 Å². The van der Waals surface area contributed by atoms with Crippen LogP contribution in [0.1, 0.15) is 5.56 Å². The average molecular weight is 499 g/mol. The maximum absolute atomic E-state index is 13.7. The summed E-state index contributed by atoms with van der Waals surface area (Å²) in [6.07, 6.45) is 1.35. The van der Waals surface area contributed by atoms with E-state index in [1.165, 1.54) is 39.6 Å². The Hall–Kier alpha value is -4.04. The number of nitro groups is 1. The first-order valence-corrected chi connectivity index (χ1v) is 12.0. The van der Waals surface area contributed by atoms with Gasteiger partial charge in [-0.05, 0) is 30.7 Å². The quantitative estimate of drug-likeness (QED) is 0.299. The van der Waals surface area contributed by atoms with Crippen LogP contribution in [0.3, 0.4) is 0 Å². The lowest BCUT2D eigenvalue weighted by atomic mass is 10.2. The normalized spacial score (nSPS) is 15.0. The highest BCUT2D eigenvalue weighted by atomic mass is 32.2. The van der Waals surface area contributed by atoms with Gasteiger partial charge in [0.05, 0.1) is 15.5 Å². The van der Waals surface area contributed by atoms with E-state index < -0.39 is 20.8 Å². The molecule has 1 aliphatic rings. The van der Waals surface area contributed by atoms with Crippen molar-refractivity contribution < 1.29 is 17.7 Å². The minimum atomic E-state index is -3.93. The smallest absolute Gasteiger partial charge is 0.270 e. The molecule has 12 nitrogen and oxygen atoms in total. The first-order chi connectivity index (χ1) is 16.8. The summed E-state index contributed by atoms with van der Waals surface area (Å²) in [5, 5.41) is 19.4. The monoisotopic (exact) mass is 498 g/mol. The zero-order valence-electron chi connectivity index (χ0n) is 18.4. The number of piperazine rings is 1. The third-order valence-electron chi connectivity index (χ3n) is 5.81. The molecule has 180 valence electrons. The fourth-order valence-corrected chi connectivity index (χ4v) is 5.68. The van der Waals surface area contributed by atoms with E-state index in [2.05, 4.69) is 20.3 Å². The third-order valence-corrected chi connectivity index (χ3v) is 7.85. The van der Waals surface area contributed by atoms with Crippen LogP contribution in [-0.4, -0.2) is 68.8 Å². The summed E-state index contributed by atoms with van der Waals surface area (Å²) in [6.45, 7) is 2.52.